The number of ether oxygens (including phenoxy) is 1. The van der Waals surface area contributed by atoms with E-state index >= 15 is 0 Å². The van der Waals surface area contributed by atoms with E-state index in [-0.39, 0.29) is 5.91 Å². The lowest BCUT2D eigenvalue weighted by Gasteiger charge is -2.13. The first-order valence-electron chi connectivity index (χ1n) is 12.8. The molecule has 6 rings (SSSR count). The molecular weight excluding hydrogens is 602 g/mol. The molecule has 9 heteroatoms. The predicted molar refractivity (Wildman–Crippen MR) is 166 cm³/mol. The van der Waals surface area contributed by atoms with Crippen LogP contribution >= 0.6 is 27.5 Å². The van der Waals surface area contributed by atoms with Gasteiger partial charge in [-0.1, -0.05) is 72.3 Å². The molecule has 2 N–H and O–H groups in total. The Morgan fingerprint density at radius 3 is 2.54 bits per heavy atom. The van der Waals surface area contributed by atoms with E-state index in [0.29, 0.717) is 40.0 Å². The van der Waals surface area contributed by atoms with Crippen LogP contribution in [0, 0.1) is 0 Å². The molecule has 0 radical (unpaired) electrons. The van der Waals surface area contributed by atoms with Crippen LogP contribution in [0.25, 0.3) is 16.9 Å². The Labute approximate surface area is 249 Å². The van der Waals surface area contributed by atoms with Crippen LogP contribution in [0.5, 0.6) is 11.5 Å². The molecule has 0 spiro atoms. The van der Waals surface area contributed by atoms with Crippen molar-refractivity contribution in [2.45, 2.75) is 6.54 Å². The van der Waals surface area contributed by atoms with Crippen LogP contribution in [0.1, 0.15) is 15.9 Å². The third kappa shape index (κ3) is 5.94. The van der Waals surface area contributed by atoms with E-state index in [2.05, 4.69) is 31.7 Å². The monoisotopic (exact) mass is 623 g/mol. The van der Waals surface area contributed by atoms with Crippen LogP contribution < -0.4 is 15.4 Å². The van der Waals surface area contributed by atoms with Gasteiger partial charge in [-0.05, 0) is 64.0 Å². The second kappa shape index (κ2) is 11.8. The van der Waals surface area contributed by atoms with Crippen molar-refractivity contribution >= 4 is 50.6 Å². The van der Waals surface area contributed by atoms with Gasteiger partial charge in [0, 0.05) is 28.9 Å². The highest BCUT2D eigenvalue weighted by molar-refractivity contribution is 9.10. The summed E-state index contributed by atoms with van der Waals surface area (Å²) in [6.07, 6.45) is 1.71. The minimum absolute atomic E-state index is 0.261. The zero-order valence-electron chi connectivity index (χ0n) is 21.6. The maximum absolute atomic E-state index is 13.2. The number of nitrogens with zero attached hydrogens (tertiary/aromatic N) is 3. The molecule has 0 unspecified atom stereocenters. The van der Waals surface area contributed by atoms with Gasteiger partial charge in [0.1, 0.15) is 17.3 Å². The van der Waals surface area contributed by atoms with Crippen molar-refractivity contribution in [2.24, 2.45) is 0 Å². The van der Waals surface area contributed by atoms with E-state index in [4.69, 9.17) is 21.3 Å². The van der Waals surface area contributed by atoms with Crippen molar-refractivity contribution < 1.29 is 9.53 Å². The molecule has 0 aliphatic rings. The summed E-state index contributed by atoms with van der Waals surface area (Å²) in [7, 11) is 0. The van der Waals surface area contributed by atoms with Crippen LogP contribution in [0.4, 0.5) is 11.5 Å². The first-order valence-corrected chi connectivity index (χ1v) is 14.0. The Balaban J connectivity index is 1.21. The van der Waals surface area contributed by atoms with Crippen molar-refractivity contribution in [3.63, 3.8) is 0 Å². The van der Waals surface area contributed by atoms with Crippen molar-refractivity contribution in [1.82, 2.24) is 14.6 Å². The number of amides is 1. The average molecular weight is 625 g/mol. The molecule has 0 aliphatic heterocycles. The van der Waals surface area contributed by atoms with E-state index in [1.807, 2.05) is 97.1 Å². The zero-order chi connectivity index (χ0) is 28.2. The number of carbonyl (C=O) groups is 1. The summed E-state index contributed by atoms with van der Waals surface area (Å²) < 4.78 is 8.48. The lowest BCUT2D eigenvalue weighted by atomic mass is 10.1. The summed E-state index contributed by atoms with van der Waals surface area (Å²) in [5.41, 5.74) is 4.30. The largest absolute Gasteiger partial charge is 0.457 e. The van der Waals surface area contributed by atoms with Crippen LogP contribution in [0.3, 0.4) is 0 Å². The fourth-order valence-corrected chi connectivity index (χ4v) is 4.96. The van der Waals surface area contributed by atoms with Crippen LogP contribution in [-0.2, 0) is 6.54 Å². The number of hydrogen-bond acceptors (Lipinski definition) is 5. The standard InChI is InChI=1S/C32H23BrClN5O2/c33-26-20-36-39-30(18-28(38-31(26)39)24-13-4-6-15-27(24)34)35-19-21-9-8-10-22(17-21)37-32(40)25-14-5-7-16-29(25)41-23-11-2-1-3-12-23/h1-18,20,35H,19H2,(H,37,40). The molecule has 2 heterocycles. The van der Waals surface area contributed by atoms with Gasteiger partial charge in [0.15, 0.2) is 5.65 Å². The van der Waals surface area contributed by atoms with Gasteiger partial charge >= 0.3 is 0 Å². The molecule has 0 fully saturated rings. The molecule has 202 valence electrons. The molecule has 0 saturated carbocycles. The number of rotatable bonds is 8. The van der Waals surface area contributed by atoms with Gasteiger partial charge in [0.05, 0.1) is 21.9 Å². The smallest absolute Gasteiger partial charge is 0.259 e. The number of carbonyl (C=O) groups excluding carboxylic acids is 1. The third-order valence-corrected chi connectivity index (χ3v) is 7.23. The van der Waals surface area contributed by atoms with Crippen LogP contribution in [0.2, 0.25) is 5.02 Å². The van der Waals surface area contributed by atoms with Gasteiger partial charge in [-0.2, -0.15) is 9.61 Å². The van der Waals surface area contributed by atoms with Gasteiger partial charge in [0.2, 0.25) is 0 Å². The Morgan fingerprint density at radius 2 is 1.68 bits per heavy atom. The molecule has 2 aromatic heterocycles. The second-order valence-electron chi connectivity index (χ2n) is 9.15. The Bertz CT molecular complexity index is 1860. The van der Waals surface area contributed by atoms with Crippen molar-refractivity contribution in [2.75, 3.05) is 10.6 Å². The zero-order valence-corrected chi connectivity index (χ0v) is 23.9. The van der Waals surface area contributed by atoms with Crippen LogP contribution in [0.15, 0.2) is 120 Å². The number of benzene rings is 4. The molecule has 41 heavy (non-hydrogen) atoms. The molecule has 1 amide bonds. The number of aromatic nitrogens is 3. The SMILES string of the molecule is O=C(Nc1cccc(CNc2cc(-c3ccccc3Cl)nc3c(Br)cnn23)c1)c1ccccc1Oc1ccccc1. The number of para-hydroxylation sites is 2. The van der Waals surface area contributed by atoms with Crippen LogP contribution in [-0.4, -0.2) is 20.5 Å². The second-order valence-corrected chi connectivity index (χ2v) is 10.4. The molecular formula is C32H23BrClN5O2. The topological polar surface area (TPSA) is 80.5 Å². The highest BCUT2D eigenvalue weighted by Gasteiger charge is 2.15. The molecule has 0 atom stereocenters. The average Bonchev–Trinajstić information content (AvgIpc) is 3.37. The minimum atomic E-state index is -0.261. The summed E-state index contributed by atoms with van der Waals surface area (Å²) in [6, 6.07) is 33.7. The Kier molecular flexibility index (Phi) is 7.67. The van der Waals surface area contributed by atoms with Crippen molar-refractivity contribution in [3.05, 3.63) is 136 Å². The van der Waals surface area contributed by atoms with E-state index in [0.717, 1.165) is 27.1 Å². The highest BCUT2D eigenvalue weighted by Crippen LogP contribution is 2.31. The maximum atomic E-state index is 13.2. The molecule has 0 saturated heterocycles. The van der Waals surface area contributed by atoms with E-state index in [9.17, 15) is 4.79 Å². The first-order chi connectivity index (χ1) is 20.0. The van der Waals surface area contributed by atoms with Gasteiger partial charge in [0.25, 0.3) is 5.91 Å². The number of anilines is 2. The number of nitrogens with one attached hydrogen (secondary N) is 2. The summed E-state index contributed by atoms with van der Waals surface area (Å²) in [6.45, 7) is 0.482. The van der Waals surface area contributed by atoms with Gasteiger partial charge < -0.3 is 15.4 Å². The fraction of sp³-hybridized carbons (Fsp3) is 0.0312. The van der Waals surface area contributed by atoms with Crippen molar-refractivity contribution in [1.29, 1.82) is 0 Å². The summed E-state index contributed by atoms with van der Waals surface area (Å²) in [5.74, 6) is 1.63. The number of fused-ring (bicyclic) bond motifs is 1. The fourth-order valence-electron chi connectivity index (χ4n) is 4.38. The quantitative estimate of drug-likeness (QED) is 0.178. The first kappa shape index (κ1) is 26.6. The molecule has 4 aromatic carbocycles. The minimum Gasteiger partial charge on any atom is -0.457 e. The summed E-state index contributed by atoms with van der Waals surface area (Å²) >= 11 is 10.0. The summed E-state index contributed by atoms with van der Waals surface area (Å²) in [4.78, 5) is 18.0. The summed E-state index contributed by atoms with van der Waals surface area (Å²) in [5, 5.41) is 11.5. The van der Waals surface area contributed by atoms with Crippen molar-refractivity contribution in [3.8, 4) is 22.8 Å². The normalized spacial score (nSPS) is 10.9. The van der Waals surface area contributed by atoms with E-state index in [1.165, 1.54) is 0 Å². The number of halogens is 2. The van der Waals surface area contributed by atoms with E-state index in [1.54, 1.807) is 22.8 Å². The maximum Gasteiger partial charge on any atom is 0.259 e. The highest BCUT2D eigenvalue weighted by atomic mass is 79.9. The predicted octanol–water partition coefficient (Wildman–Crippen LogP) is 8.47. The lowest BCUT2D eigenvalue weighted by Crippen LogP contribution is -2.13. The molecule has 0 aliphatic carbocycles. The van der Waals surface area contributed by atoms with Gasteiger partial charge in [-0.15, -0.1) is 0 Å². The Hall–Kier alpha value is -4.66. The third-order valence-electron chi connectivity index (χ3n) is 6.34. The van der Waals surface area contributed by atoms with Gasteiger partial charge in [-0.25, -0.2) is 4.98 Å². The lowest BCUT2D eigenvalue weighted by molar-refractivity contribution is 0.102. The molecule has 0 bridgehead atoms. The Morgan fingerprint density at radius 1 is 0.902 bits per heavy atom. The molecule has 7 nitrogen and oxygen atoms in total. The van der Waals surface area contributed by atoms with Gasteiger partial charge in [-0.3, -0.25) is 4.79 Å². The van der Waals surface area contributed by atoms with E-state index < -0.39 is 0 Å². The number of hydrogen-bond donors (Lipinski definition) is 2. The molecule has 6 aromatic rings.